The van der Waals surface area contributed by atoms with Crippen LogP contribution in [0.5, 0.6) is 0 Å². The van der Waals surface area contributed by atoms with E-state index in [9.17, 15) is 43.2 Å². The fourth-order valence-corrected chi connectivity index (χ4v) is 13.5. The molecule has 0 amide bonds. The summed E-state index contributed by atoms with van der Waals surface area (Å²) in [6, 6.07) is 0. The van der Waals surface area contributed by atoms with Crippen LogP contribution in [-0.4, -0.2) is 96.7 Å². The normalized spacial score (nSPS) is 13.9. The van der Waals surface area contributed by atoms with Gasteiger partial charge >= 0.3 is 39.5 Å². The number of aliphatic hydroxyl groups excluding tert-OH is 1. The first-order valence-electron chi connectivity index (χ1n) is 40.1. The van der Waals surface area contributed by atoms with Crippen molar-refractivity contribution in [3.05, 3.63) is 0 Å². The van der Waals surface area contributed by atoms with Gasteiger partial charge in [0.2, 0.25) is 0 Å². The molecule has 3 N–H and O–H groups in total. The second kappa shape index (κ2) is 70.1. The average Bonchev–Trinajstić information content (AvgIpc) is 1.14. The molecule has 0 bridgehead atoms. The quantitative estimate of drug-likeness (QED) is 0.0222. The van der Waals surface area contributed by atoms with Crippen molar-refractivity contribution in [1.82, 2.24) is 0 Å². The first-order chi connectivity index (χ1) is 46.5. The van der Waals surface area contributed by atoms with Gasteiger partial charge in [0.25, 0.3) is 0 Å². The molecule has 19 heteroatoms. The van der Waals surface area contributed by atoms with Crippen LogP contribution >= 0.6 is 15.6 Å². The predicted octanol–water partition coefficient (Wildman–Crippen LogP) is 22.9. The number of ether oxygens (including phenoxy) is 4. The van der Waals surface area contributed by atoms with E-state index in [-0.39, 0.29) is 25.7 Å². The summed E-state index contributed by atoms with van der Waals surface area (Å²) in [4.78, 5) is 72.6. The molecule has 2 unspecified atom stereocenters. The Morgan fingerprint density at radius 2 is 0.479 bits per heavy atom. The molecule has 17 nitrogen and oxygen atoms in total. The van der Waals surface area contributed by atoms with Crippen molar-refractivity contribution >= 4 is 39.5 Å². The first-order valence-corrected chi connectivity index (χ1v) is 43.1. The molecule has 0 aromatic carbocycles. The minimum Gasteiger partial charge on any atom is -0.462 e. The van der Waals surface area contributed by atoms with E-state index in [2.05, 4.69) is 34.6 Å². The summed E-state index contributed by atoms with van der Waals surface area (Å²) in [7, 11) is -9.90. The number of hydrogen-bond acceptors (Lipinski definition) is 15. The van der Waals surface area contributed by atoms with Crippen molar-refractivity contribution in [2.75, 3.05) is 39.6 Å². The number of esters is 4. The number of unbranched alkanes of at least 4 members (excludes halogenated alkanes) is 49. The summed E-state index contributed by atoms with van der Waals surface area (Å²) < 4.78 is 68.3. The van der Waals surface area contributed by atoms with Crippen molar-refractivity contribution in [1.29, 1.82) is 0 Å². The van der Waals surface area contributed by atoms with E-state index in [1.165, 1.54) is 225 Å². The topological polar surface area (TPSA) is 237 Å². The molecule has 0 rings (SSSR count). The largest absolute Gasteiger partial charge is 0.472 e. The number of aliphatic hydroxyl groups is 1. The highest BCUT2D eigenvalue weighted by molar-refractivity contribution is 7.47. The fourth-order valence-electron chi connectivity index (χ4n) is 11.9. The molecule has 0 saturated carbocycles. The molecule has 0 heterocycles. The average molecular weight is 1410 g/mol. The van der Waals surface area contributed by atoms with E-state index >= 15 is 0 Å². The summed E-state index contributed by atoms with van der Waals surface area (Å²) in [6.07, 6.45) is 60.1. The molecule has 0 fully saturated rings. The zero-order valence-corrected chi connectivity index (χ0v) is 64.3. The third-order valence-corrected chi connectivity index (χ3v) is 19.9. The molecule has 0 aliphatic carbocycles. The molecule has 0 spiro atoms. The van der Waals surface area contributed by atoms with Crippen LogP contribution in [0.4, 0.5) is 0 Å². The Labute approximate surface area is 588 Å². The first kappa shape index (κ1) is 94.1. The van der Waals surface area contributed by atoms with E-state index in [0.717, 1.165) is 102 Å². The Hall–Kier alpha value is -1.94. The highest BCUT2D eigenvalue weighted by Crippen LogP contribution is 2.45. The molecule has 0 aromatic rings. The summed E-state index contributed by atoms with van der Waals surface area (Å²) in [5.74, 6) is -1.31. The van der Waals surface area contributed by atoms with Gasteiger partial charge in [-0.05, 0) is 31.6 Å². The van der Waals surface area contributed by atoms with Crippen LogP contribution in [0.1, 0.15) is 407 Å². The molecule has 0 saturated heterocycles. The van der Waals surface area contributed by atoms with Gasteiger partial charge < -0.3 is 33.8 Å². The summed E-state index contributed by atoms with van der Waals surface area (Å²) in [6.45, 7) is 7.24. The lowest BCUT2D eigenvalue weighted by molar-refractivity contribution is -0.161. The van der Waals surface area contributed by atoms with Gasteiger partial charge in [0.05, 0.1) is 26.4 Å². The molecule has 0 aromatic heterocycles. The lowest BCUT2D eigenvalue weighted by Crippen LogP contribution is -2.30. The summed E-state index contributed by atoms with van der Waals surface area (Å²) in [5, 5.41) is 10.6. The van der Waals surface area contributed by atoms with Crippen LogP contribution in [-0.2, 0) is 65.4 Å². The van der Waals surface area contributed by atoms with Crippen molar-refractivity contribution in [2.45, 2.75) is 425 Å². The number of carbonyl (C=O) groups is 4. The minimum atomic E-state index is -4.96. The molecule has 570 valence electrons. The molecule has 0 radical (unpaired) electrons. The third-order valence-electron chi connectivity index (χ3n) is 18.0. The van der Waals surface area contributed by atoms with Crippen LogP contribution in [0.15, 0.2) is 0 Å². The molecule has 0 aliphatic rings. The molecular formula is C77H150O17P2. The lowest BCUT2D eigenvalue weighted by Gasteiger charge is -2.21. The SMILES string of the molecule is CCCCCCCCCCCCCCCCCCCCCC(=O)OC[C@H](COP(=O)(O)OC[C@@H](O)COP(=O)(O)OC[C@@H](COC(=O)CCCCCCC)OC(=O)CCCCCCCCCCCCCCC)OC(=O)CCCCCCCCCCCCCCCCCCC(C)C. The van der Waals surface area contributed by atoms with Crippen LogP contribution in [0, 0.1) is 5.92 Å². The highest BCUT2D eigenvalue weighted by Gasteiger charge is 2.30. The van der Waals surface area contributed by atoms with Crippen molar-refractivity contribution in [3.8, 4) is 0 Å². The van der Waals surface area contributed by atoms with E-state index in [4.69, 9.17) is 37.0 Å². The molecule has 0 aliphatic heterocycles. The smallest absolute Gasteiger partial charge is 0.462 e. The third kappa shape index (κ3) is 70.5. The van der Waals surface area contributed by atoms with E-state index in [1.54, 1.807) is 0 Å². The van der Waals surface area contributed by atoms with Crippen LogP contribution in [0.3, 0.4) is 0 Å². The van der Waals surface area contributed by atoms with Gasteiger partial charge in [-0.15, -0.1) is 0 Å². The molecule has 5 atom stereocenters. The van der Waals surface area contributed by atoms with E-state index in [0.29, 0.717) is 25.7 Å². The van der Waals surface area contributed by atoms with Crippen LogP contribution in [0.25, 0.3) is 0 Å². The number of phosphoric acid groups is 2. The summed E-state index contributed by atoms with van der Waals surface area (Å²) in [5.41, 5.74) is 0. The van der Waals surface area contributed by atoms with Crippen LogP contribution in [0.2, 0.25) is 0 Å². The standard InChI is InChI=1S/C77H150O17P2/c1-6-9-12-15-17-19-21-23-24-25-26-27-31-35-38-42-46-51-56-61-75(80)88-67-73(94-77(82)63-58-53-48-44-40-36-32-29-28-30-34-37-41-45-50-54-59-70(4)5)69-92-96(85,86)90-65-71(78)64-89-95(83,84)91-68-72(66-87-74(79)60-55-49-14-11-8-3)93-76(81)62-57-52-47-43-39-33-22-20-18-16-13-10-7-2/h70-73,78H,6-69H2,1-5H3,(H,83,84)(H,85,86)/t71-,72+,73+/m0/s1. The van der Waals surface area contributed by atoms with Gasteiger partial charge in [-0.3, -0.25) is 37.3 Å². The Kier molecular flexibility index (Phi) is 68.7. The number of phosphoric ester groups is 2. The summed E-state index contributed by atoms with van der Waals surface area (Å²) >= 11 is 0. The van der Waals surface area contributed by atoms with Gasteiger partial charge in [-0.2, -0.15) is 0 Å². The maximum absolute atomic E-state index is 13.1. The zero-order chi connectivity index (χ0) is 70.5. The van der Waals surface area contributed by atoms with Gasteiger partial charge in [-0.1, -0.05) is 356 Å². The number of hydrogen-bond donors (Lipinski definition) is 3. The maximum atomic E-state index is 13.1. The maximum Gasteiger partial charge on any atom is 0.472 e. The predicted molar refractivity (Wildman–Crippen MR) is 391 cm³/mol. The Morgan fingerprint density at radius 3 is 0.708 bits per heavy atom. The minimum absolute atomic E-state index is 0.107. The van der Waals surface area contributed by atoms with Gasteiger partial charge in [0.15, 0.2) is 12.2 Å². The Morgan fingerprint density at radius 1 is 0.281 bits per heavy atom. The van der Waals surface area contributed by atoms with Crippen molar-refractivity contribution in [3.63, 3.8) is 0 Å². The van der Waals surface area contributed by atoms with Crippen molar-refractivity contribution in [2.24, 2.45) is 5.92 Å². The molecule has 96 heavy (non-hydrogen) atoms. The number of carbonyl (C=O) groups excluding carboxylic acids is 4. The highest BCUT2D eigenvalue weighted by atomic mass is 31.2. The number of rotatable bonds is 77. The zero-order valence-electron chi connectivity index (χ0n) is 62.5. The monoisotopic (exact) mass is 1410 g/mol. The Balaban J connectivity index is 5.13. The fraction of sp³-hybridized carbons (Fsp3) is 0.948. The van der Waals surface area contributed by atoms with Crippen molar-refractivity contribution < 1.29 is 80.2 Å². The second-order valence-corrected chi connectivity index (χ2v) is 31.1. The van der Waals surface area contributed by atoms with E-state index in [1.807, 2.05) is 0 Å². The molecular weight excluding hydrogens is 1260 g/mol. The second-order valence-electron chi connectivity index (χ2n) is 28.2. The van der Waals surface area contributed by atoms with E-state index < -0.39 is 97.5 Å². The van der Waals surface area contributed by atoms with Gasteiger partial charge in [0, 0.05) is 25.7 Å². The lowest BCUT2D eigenvalue weighted by atomic mass is 10.0. The van der Waals surface area contributed by atoms with Gasteiger partial charge in [-0.25, -0.2) is 9.13 Å². The Bertz CT molecular complexity index is 1840. The van der Waals surface area contributed by atoms with Crippen LogP contribution < -0.4 is 0 Å². The van der Waals surface area contributed by atoms with Gasteiger partial charge in [0.1, 0.15) is 19.3 Å².